The standard InChI is InChI=1S/C20H20N4O3S/c1-3-15-16(8-7-11-21-15)27-17-12-14(28-18-9-5-6-10-22-18)13-23-19(17)24-20(25)26-4-2/h5-13H,3-4H2,1-2H3,(H,23,24,25). The largest absolute Gasteiger partial charge is 0.452 e. The molecule has 3 heterocycles. The van der Waals surface area contributed by atoms with Crippen LogP contribution in [0.25, 0.3) is 0 Å². The first-order chi connectivity index (χ1) is 13.7. The topological polar surface area (TPSA) is 86.2 Å². The van der Waals surface area contributed by atoms with Gasteiger partial charge in [-0.05, 0) is 37.6 Å². The number of aromatic nitrogens is 3. The van der Waals surface area contributed by atoms with Gasteiger partial charge < -0.3 is 9.47 Å². The van der Waals surface area contributed by atoms with Crippen molar-refractivity contribution < 1.29 is 14.3 Å². The van der Waals surface area contributed by atoms with E-state index in [9.17, 15) is 4.79 Å². The van der Waals surface area contributed by atoms with Gasteiger partial charge in [0.25, 0.3) is 0 Å². The van der Waals surface area contributed by atoms with E-state index < -0.39 is 6.09 Å². The normalized spacial score (nSPS) is 10.4. The van der Waals surface area contributed by atoms with E-state index >= 15 is 0 Å². The summed E-state index contributed by atoms with van der Waals surface area (Å²) in [6, 6.07) is 11.1. The van der Waals surface area contributed by atoms with Gasteiger partial charge >= 0.3 is 6.09 Å². The zero-order valence-corrected chi connectivity index (χ0v) is 16.4. The zero-order valence-electron chi connectivity index (χ0n) is 15.6. The van der Waals surface area contributed by atoms with Crippen LogP contribution in [-0.2, 0) is 11.2 Å². The Morgan fingerprint density at radius 3 is 2.68 bits per heavy atom. The van der Waals surface area contributed by atoms with Gasteiger partial charge in [-0.1, -0.05) is 24.8 Å². The van der Waals surface area contributed by atoms with Crippen LogP contribution in [0.3, 0.4) is 0 Å². The van der Waals surface area contributed by atoms with Crippen LogP contribution in [0, 0.1) is 0 Å². The lowest BCUT2D eigenvalue weighted by Gasteiger charge is -2.14. The number of aryl methyl sites for hydroxylation is 1. The molecule has 3 aromatic heterocycles. The maximum atomic E-state index is 11.9. The summed E-state index contributed by atoms with van der Waals surface area (Å²) in [6.07, 6.45) is 5.22. The third-order valence-electron chi connectivity index (χ3n) is 3.59. The second-order valence-electron chi connectivity index (χ2n) is 5.54. The van der Waals surface area contributed by atoms with E-state index in [1.54, 1.807) is 37.6 Å². The third-order valence-corrected chi connectivity index (χ3v) is 4.50. The van der Waals surface area contributed by atoms with Crippen molar-refractivity contribution in [2.75, 3.05) is 11.9 Å². The van der Waals surface area contributed by atoms with Gasteiger partial charge in [-0.2, -0.15) is 0 Å². The minimum atomic E-state index is -0.591. The Morgan fingerprint density at radius 1 is 1.07 bits per heavy atom. The molecule has 0 spiro atoms. The van der Waals surface area contributed by atoms with Gasteiger partial charge in [0.15, 0.2) is 11.6 Å². The third kappa shape index (κ3) is 5.20. The molecule has 1 N–H and O–H groups in total. The lowest BCUT2D eigenvalue weighted by Crippen LogP contribution is -2.15. The molecule has 0 aliphatic heterocycles. The number of nitrogens with zero attached hydrogens (tertiary/aromatic N) is 3. The summed E-state index contributed by atoms with van der Waals surface area (Å²) in [7, 11) is 0. The Morgan fingerprint density at radius 2 is 1.93 bits per heavy atom. The van der Waals surface area contributed by atoms with Gasteiger partial charge in [0.05, 0.1) is 12.3 Å². The van der Waals surface area contributed by atoms with Gasteiger partial charge in [0.1, 0.15) is 10.8 Å². The Hall–Kier alpha value is -3.13. The molecule has 0 radical (unpaired) electrons. The molecule has 0 atom stereocenters. The summed E-state index contributed by atoms with van der Waals surface area (Å²) in [5.41, 5.74) is 0.812. The van der Waals surface area contributed by atoms with E-state index in [2.05, 4.69) is 20.3 Å². The predicted molar refractivity (Wildman–Crippen MR) is 107 cm³/mol. The fraction of sp³-hybridized carbons (Fsp3) is 0.200. The number of hydrogen-bond acceptors (Lipinski definition) is 7. The molecular formula is C20H20N4O3S. The number of pyridine rings is 3. The van der Waals surface area contributed by atoms with E-state index in [0.717, 1.165) is 15.6 Å². The summed E-state index contributed by atoms with van der Waals surface area (Å²) < 4.78 is 11.0. The fourth-order valence-corrected chi connectivity index (χ4v) is 3.12. The molecule has 0 bridgehead atoms. The number of carbonyl (C=O) groups is 1. The molecule has 7 nitrogen and oxygen atoms in total. The highest BCUT2D eigenvalue weighted by Crippen LogP contribution is 2.35. The van der Waals surface area contributed by atoms with Gasteiger partial charge in [-0.25, -0.2) is 14.8 Å². The van der Waals surface area contributed by atoms with Crippen molar-refractivity contribution in [2.45, 2.75) is 30.2 Å². The highest BCUT2D eigenvalue weighted by molar-refractivity contribution is 7.99. The van der Waals surface area contributed by atoms with Crippen molar-refractivity contribution >= 4 is 23.7 Å². The first kappa shape index (κ1) is 19.6. The average molecular weight is 396 g/mol. The molecule has 3 rings (SSSR count). The van der Waals surface area contributed by atoms with Crippen molar-refractivity contribution in [1.29, 1.82) is 0 Å². The van der Waals surface area contributed by atoms with Crippen LogP contribution >= 0.6 is 11.8 Å². The number of amides is 1. The SMILES string of the molecule is CCOC(=O)Nc1ncc(Sc2ccccn2)cc1Oc1cccnc1CC. The van der Waals surface area contributed by atoms with Crippen LogP contribution in [-0.4, -0.2) is 27.7 Å². The fourth-order valence-electron chi connectivity index (χ4n) is 2.35. The summed E-state index contributed by atoms with van der Waals surface area (Å²) in [6.45, 7) is 4.00. The van der Waals surface area contributed by atoms with Crippen molar-refractivity contribution in [2.24, 2.45) is 0 Å². The van der Waals surface area contributed by atoms with E-state index in [4.69, 9.17) is 9.47 Å². The molecule has 0 aliphatic rings. The van der Waals surface area contributed by atoms with E-state index in [1.807, 2.05) is 31.2 Å². The number of anilines is 1. The van der Waals surface area contributed by atoms with Crippen LogP contribution in [0.1, 0.15) is 19.5 Å². The number of carbonyl (C=O) groups excluding carboxylic acids is 1. The summed E-state index contributed by atoms with van der Waals surface area (Å²) in [5.74, 6) is 1.28. The molecule has 1 amide bonds. The summed E-state index contributed by atoms with van der Waals surface area (Å²) >= 11 is 1.45. The smallest absolute Gasteiger partial charge is 0.412 e. The Kier molecular flexibility index (Phi) is 6.80. The molecule has 3 aromatic rings. The molecule has 0 unspecified atom stereocenters. The van der Waals surface area contributed by atoms with Crippen molar-refractivity contribution in [3.63, 3.8) is 0 Å². The molecule has 144 valence electrons. The second-order valence-corrected chi connectivity index (χ2v) is 6.63. The molecule has 0 fully saturated rings. The second kappa shape index (κ2) is 9.70. The summed E-state index contributed by atoms with van der Waals surface area (Å²) in [5, 5.41) is 3.45. The van der Waals surface area contributed by atoms with Crippen molar-refractivity contribution in [3.8, 4) is 11.5 Å². The van der Waals surface area contributed by atoms with Gasteiger partial charge in [0.2, 0.25) is 0 Å². The highest BCUT2D eigenvalue weighted by Gasteiger charge is 2.15. The van der Waals surface area contributed by atoms with Gasteiger partial charge in [-0.3, -0.25) is 10.3 Å². The van der Waals surface area contributed by atoms with Crippen molar-refractivity contribution in [1.82, 2.24) is 15.0 Å². The molecule has 28 heavy (non-hydrogen) atoms. The molecule has 0 saturated carbocycles. The molecule has 0 aromatic carbocycles. The molecule has 0 saturated heterocycles. The maximum Gasteiger partial charge on any atom is 0.412 e. The van der Waals surface area contributed by atoms with Crippen LogP contribution in [0.15, 0.2) is 64.9 Å². The summed E-state index contributed by atoms with van der Waals surface area (Å²) in [4.78, 5) is 25.7. The number of ether oxygens (including phenoxy) is 2. The van der Waals surface area contributed by atoms with E-state index in [-0.39, 0.29) is 12.4 Å². The monoisotopic (exact) mass is 396 g/mol. The first-order valence-corrected chi connectivity index (χ1v) is 9.65. The lowest BCUT2D eigenvalue weighted by atomic mass is 10.2. The van der Waals surface area contributed by atoms with E-state index in [1.165, 1.54) is 11.8 Å². The van der Waals surface area contributed by atoms with E-state index in [0.29, 0.717) is 17.9 Å². The first-order valence-electron chi connectivity index (χ1n) is 8.84. The average Bonchev–Trinajstić information content (AvgIpc) is 2.71. The predicted octanol–water partition coefficient (Wildman–Crippen LogP) is 4.95. The van der Waals surface area contributed by atoms with Crippen LogP contribution in [0.5, 0.6) is 11.5 Å². The molecular weight excluding hydrogens is 376 g/mol. The quantitative estimate of drug-likeness (QED) is 0.605. The van der Waals surface area contributed by atoms with Crippen molar-refractivity contribution in [3.05, 3.63) is 60.7 Å². The van der Waals surface area contributed by atoms with Crippen LogP contribution in [0.2, 0.25) is 0 Å². The minimum absolute atomic E-state index is 0.262. The lowest BCUT2D eigenvalue weighted by molar-refractivity contribution is 0.167. The Bertz CT molecular complexity index is 938. The number of hydrogen-bond donors (Lipinski definition) is 1. The number of nitrogens with one attached hydrogen (secondary N) is 1. The van der Waals surface area contributed by atoms with Gasteiger partial charge in [-0.15, -0.1) is 0 Å². The van der Waals surface area contributed by atoms with Gasteiger partial charge in [0, 0.05) is 29.6 Å². The number of rotatable bonds is 7. The Balaban J connectivity index is 1.92. The van der Waals surface area contributed by atoms with Crippen LogP contribution < -0.4 is 10.1 Å². The maximum absolute atomic E-state index is 11.9. The molecule has 8 heteroatoms. The minimum Gasteiger partial charge on any atom is -0.452 e. The van der Waals surface area contributed by atoms with Crippen LogP contribution in [0.4, 0.5) is 10.6 Å². The highest BCUT2D eigenvalue weighted by atomic mass is 32.2. The Labute approximate surface area is 167 Å². The molecule has 0 aliphatic carbocycles. The zero-order chi connectivity index (χ0) is 19.8.